The Hall–Kier alpha value is -2.12. The number of thioether (sulfide) groups is 1. The molecule has 1 unspecified atom stereocenters. The number of benzene rings is 1. The molecular weight excluding hydrogens is 330 g/mol. The molecule has 0 saturated heterocycles. The van der Waals surface area contributed by atoms with Crippen LogP contribution < -0.4 is 5.32 Å². The number of nitrogens with one attached hydrogen (secondary N) is 1. The monoisotopic (exact) mass is 345 g/mol. The van der Waals surface area contributed by atoms with E-state index in [1.807, 2.05) is 54.8 Å². The fraction of sp³-hybridized carbons (Fsp3) is 0.188. The van der Waals surface area contributed by atoms with Crippen molar-refractivity contribution in [3.05, 3.63) is 53.4 Å². The van der Waals surface area contributed by atoms with Crippen LogP contribution in [-0.4, -0.2) is 21.4 Å². The number of amides is 1. The van der Waals surface area contributed by atoms with E-state index in [1.165, 1.54) is 23.1 Å². The van der Waals surface area contributed by atoms with Crippen LogP contribution in [0.3, 0.4) is 0 Å². The van der Waals surface area contributed by atoms with E-state index in [9.17, 15) is 4.79 Å². The second-order valence-electron chi connectivity index (χ2n) is 4.81. The van der Waals surface area contributed by atoms with E-state index in [-0.39, 0.29) is 11.2 Å². The van der Waals surface area contributed by atoms with Crippen molar-refractivity contribution < 1.29 is 9.21 Å². The normalized spacial score (nSPS) is 12.0. The van der Waals surface area contributed by atoms with Crippen molar-refractivity contribution in [3.8, 4) is 10.8 Å². The number of carbonyl (C=O) groups excluding carboxylic acids is 1. The lowest BCUT2D eigenvalue weighted by molar-refractivity contribution is -0.120. The molecule has 3 rings (SSSR count). The highest BCUT2D eigenvalue weighted by Gasteiger charge is 2.18. The largest absolute Gasteiger partial charge is 0.410 e. The molecule has 3 aromatic rings. The standard InChI is InChI=1S/C16H15N3O2S2/c1-11(14(20)17-10-12-6-3-2-4-7-12)23-16-19-18-15(21-16)13-8-5-9-22-13/h2-9,11H,10H2,1H3,(H,17,20). The van der Waals surface area contributed by atoms with Crippen LogP contribution in [0.1, 0.15) is 12.5 Å². The minimum Gasteiger partial charge on any atom is -0.410 e. The third-order valence-electron chi connectivity index (χ3n) is 3.09. The van der Waals surface area contributed by atoms with Crippen LogP contribution in [0, 0.1) is 0 Å². The number of aromatic nitrogens is 2. The molecule has 0 aliphatic carbocycles. The Balaban J connectivity index is 1.54. The summed E-state index contributed by atoms with van der Waals surface area (Å²) in [5, 5.41) is 12.9. The summed E-state index contributed by atoms with van der Waals surface area (Å²) in [5.74, 6) is 0.425. The predicted molar refractivity (Wildman–Crippen MR) is 91.2 cm³/mol. The van der Waals surface area contributed by atoms with Gasteiger partial charge in [-0.25, -0.2) is 0 Å². The van der Waals surface area contributed by atoms with Crippen molar-refractivity contribution in [3.63, 3.8) is 0 Å². The Morgan fingerprint density at radius 1 is 1.26 bits per heavy atom. The van der Waals surface area contributed by atoms with Crippen LogP contribution in [-0.2, 0) is 11.3 Å². The first kappa shape index (κ1) is 15.8. The molecule has 1 N–H and O–H groups in total. The van der Waals surface area contributed by atoms with Crippen molar-refractivity contribution in [2.75, 3.05) is 0 Å². The first-order valence-electron chi connectivity index (χ1n) is 7.08. The number of hydrogen-bond donors (Lipinski definition) is 1. The second-order valence-corrected chi connectivity index (χ2v) is 7.05. The Kier molecular flexibility index (Phi) is 5.09. The second kappa shape index (κ2) is 7.43. The molecule has 0 aliphatic rings. The molecule has 0 bridgehead atoms. The molecule has 0 fully saturated rings. The smallest absolute Gasteiger partial charge is 0.277 e. The summed E-state index contributed by atoms with van der Waals surface area (Å²) in [6, 6.07) is 13.6. The van der Waals surface area contributed by atoms with Gasteiger partial charge in [-0.3, -0.25) is 4.79 Å². The first-order chi connectivity index (χ1) is 11.2. The molecule has 0 saturated carbocycles. The molecule has 7 heteroatoms. The summed E-state index contributed by atoms with van der Waals surface area (Å²) in [7, 11) is 0. The fourth-order valence-electron chi connectivity index (χ4n) is 1.89. The van der Waals surface area contributed by atoms with Crippen LogP contribution in [0.25, 0.3) is 10.8 Å². The lowest BCUT2D eigenvalue weighted by atomic mass is 10.2. The number of thiophene rings is 1. The minimum absolute atomic E-state index is 0.0604. The van der Waals surface area contributed by atoms with E-state index >= 15 is 0 Å². The van der Waals surface area contributed by atoms with Gasteiger partial charge in [-0.1, -0.05) is 48.2 Å². The van der Waals surface area contributed by atoms with Gasteiger partial charge < -0.3 is 9.73 Å². The van der Waals surface area contributed by atoms with Crippen molar-refractivity contribution in [2.45, 2.75) is 23.9 Å². The van der Waals surface area contributed by atoms with Gasteiger partial charge in [0.15, 0.2) is 0 Å². The molecule has 0 spiro atoms. The summed E-state index contributed by atoms with van der Waals surface area (Å²) in [6.07, 6.45) is 0. The van der Waals surface area contributed by atoms with Crippen molar-refractivity contribution in [1.29, 1.82) is 0 Å². The molecular formula is C16H15N3O2S2. The van der Waals surface area contributed by atoms with Gasteiger partial charge in [-0.2, -0.15) is 0 Å². The molecule has 1 aromatic carbocycles. The van der Waals surface area contributed by atoms with Gasteiger partial charge in [0.1, 0.15) is 0 Å². The van der Waals surface area contributed by atoms with E-state index in [0.717, 1.165) is 10.4 Å². The maximum Gasteiger partial charge on any atom is 0.277 e. The van der Waals surface area contributed by atoms with Gasteiger partial charge in [0.05, 0.1) is 10.1 Å². The minimum atomic E-state index is -0.310. The molecule has 1 atom stereocenters. The average molecular weight is 345 g/mol. The van der Waals surface area contributed by atoms with Crippen LogP contribution in [0.5, 0.6) is 0 Å². The van der Waals surface area contributed by atoms with Crippen molar-refractivity contribution >= 4 is 29.0 Å². The molecule has 23 heavy (non-hydrogen) atoms. The summed E-state index contributed by atoms with van der Waals surface area (Å²) in [4.78, 5) is 13.1. The maximum absolute atomic E-state index is 12.1. The fourth-order valence-corrected chi connectivity index (χ4v) is 3.24. The summed E-state index contributed by atoms with van der Waals surface area (Å²) in [5.41, 5.74) is 1.07. The molecule has 2 aromatic heterocycles. The topological polar surface area (TPSA) is 68.0 Å². The van der Waals surface area contributed by atoms with Gasteiger partial charge in [0, 0.05) is 6.54 Å². The Bertz CT molecular complexity index is 757. The molecule has 2 heterocycles. The van der Waals surface area contributed by atoms with Gasteiger partial charge >= 0.3 is 0 Å². The van der Waals surface area contributed by atoms with E-state index in [2.05, 4.69) is 15.5 Å². The zero-order chi connectivity index (χ0) is 16.1. The van der Waals surface area contributed by atoms with Crippen LogP contribution in [0.15, 0.2) is 57.5 Å². The third kappa shape index (κ3) is 4.20. The summed E-state index contributed by atoms with van der Waals surface area (Å²) in [6.45, 7) is 2.33. The summed E-state index contributed by atoms with van der Waals surface area (Å²) < 4.78 is 5.58. The van der Waals surface area contributed by atoms with Gasteiger partial charge in [0.25, 0.3) is 11.1 Å². The highest BCUT2D eigenvalue weighted by molar-refractivity contribution is 8.00. The van der Waals surface area contributed by atoms with Gasteiger partial charge in [-0.05, 0) is 23.9 Å². The van der Waals surface area contributed by atoms with Gasteiger partial charge in [0.2, 0.25) is 5.91 Å². The van der Waals surface area contributed by atoms with Gasteiger partial charge in [-0.15, -0.1) is 21.5 Å². The molecule has 0 radical (unpaired) electrons. The predicted octanol–water partition coefficient (Wildman–Crippen LogP) is 3.60. The van der Waals surface area contributed by atoms with Crippen molar-refractivity contribution in [2.24, 2.45) is 0 Å². The van der Waals surface area contributed by atoms with Crippen LogP contribution >= 0.6 is 23.1 Å². The highest BCUT2D eigenvalue weighted by Crippen LogP contribution is 2.28. The number of nitrogens with zero attached hydrogens (tertiary/aromatic N) is 2. The van der Waals surface area contributed by atoms with E-state index in [0.29, 0.717) is 17.7 Å². The molecule has 118 valence electrons. The molecule has 0 aliphatic heterocycles. The van der Waals surface area contributed by atoms with E-state index in [1.54, 1.807) is 0 Å². The van der Waals surface area contributed by atoms with Crippen LogP contribution in [0.4, 0.5) is 0 Å². The number of carbonyl (C=O) groups is 1. The lowest BCUT2D eigenvalue weighted by Crippen LogP contribution is -2.30. The molecule has 5 nitrogen and oxygen atoms in total. The first-order valence-corrected chi connectivity index (χ1v) is 8.84. The highest BCUT2D eigenvalue weighted by atomic mass is 32.2. The number of hydrogen-bond acceptors (Lipinski definition) is 6. The lowest BCUT2D eigenvalue weighted by Gasteiger charge is -2.09. The third-order valence-corrected chi connectivity index (χ3v) is 4.89. The number of rotatable bonds is 6. The van der Waals surface area contributed by atoms with E-state index in [4.69, 9.17) is 4.42 Å². The molecule has 1 amide bonds. The Morgan fingerprint density at radius 2 is 2.09 bits per heavy atom. The average Bonchev–Trinajstić information content (AvgIpc) is 3.24. The Labute approximate surface area is 142 Å². The van der Waals surface area contributed by atoms with E-state index < -0.39 is 0 Å². The summed E-state index contributed by atoms with van der Waals surface area (Å²) >= 11 is 2.79. The maximum atomic E-state index is 12.1. The zero-order valence-corrected chi connectivity index (χ0v) is 14.1. The SMILES string of the molecule is CC(Sc1nnc(-c2cccs2)o1)C(=O)NCc1ccccc1. The Morgan fingerprint density at radius 3 is 2.83 bits per heavy atom. The quantitative estimate of drug-likeness (QED) is 0.692. The van der Waals surface area contributed by atoms with Crippen LogP contribution in [0.2, 0.25) is 0 Å². The van der Waals surface area contributed by atoms with Crippen molar-refractivity contribution in [1.82, 2.24) is 15.5 Å². The zero-order valence-electron chi connectivity index (χ0n) is 12.4.